The van der Waals surface area contributed by atoms with Gasteiger partial charge in [0, 0.05) is 21.9 Å². The average Bonchev–Trinajstić information content (AvgIpc) is 2.91. The predicted molar refractivity (Wildman–Crippen MR) is 319 cm³/mol. The number of benzene rings is 11. The standard InChI is InChI=1S/2C30H24OP.C8H3BF6O3/c2*31-29(25-14-4-1-5-15-25)23-32(26-17-6-2-7-18-26,27-19-8-3-9-20-27)30-22-12-16-24-13-10-11-21-28(24)30;10-7(11,12)4-1-5(8(13,14)15)3-6(2-4)18-9(16)17/h2*1-22H,23H2;1-3H/q2*+1;-2. The second-order valence-corrected chi connectivity index (χ2v) is 25.9. The van der Waals surface area contributed by atoms with Crippen molar-refractivity contribution in [1.82, 2.24) is 0 Å². The molecule has 0 bridgehead atoms. The summed E-state index contributed by atoms with van der Waals surface area (Å²) >= 11 is 0. The molecule has 408 valence electrons. The lowest BCUT2D eigenvalue weighted by Crippen LogP contribution is -2.50. The van der Waals surface area contributed by atoms with Crippen LogP contribution < -0.4 is 46.5 Å². The molecular formula is C68H51BF6O5P2. The topological polar surface area (TPSA) is 89.5 Å². The second-order valence-electron chi connectivity index (χ2n) is 19.0. The van der Waals surface area contributed by atoms with Crippen LogP contribution in [0.4, 0.5) is 26.3 Å². The van der Waals surface area contributed by atoms with Gasteiger partial charge in [-0.15, -0.1) is 0 Å². The fourth-order valence-electron chi connectivity index (χ4n) is 10.2. The first-order valence-electron chi connectivity index (χ1n) is 26.0. The van der Waals surface area contributed by atoms with Crippen molar-refractivity contribution in [3.63, 3.8) is 0 Å². The SMILES string of the molecule is O=C(C[P+](c1ccccc1)(c1ccccc1)c1cccc2ccccc12)c1ccccc1.O=C(C[P+](c1ccccc1)(c1ccccc1)c1cccc2ccccc12)c1ccccc1.[O-]B([O-])Oc1cc(C(F)(F)F)cc(C(F)(F)F)c1. The molecule has 0 aliphatic heterocycles. The van der Waals surface area contributed by atoms with E-state index >= 15 is 0 Å². The monoisotopic (exact) mass is 1130 g/mol. The number of alkyl halides is 6. The van der Waals surface area contributed by atoms with Crippen LogP contribution in [0.2, 0.25) is 0 Å². The van der Waals surface area contributed by atoms with Crippen molar-refractivity contribution in [2.75, 3.05) is 12.3 Å². The number of hydrogen-bond donors (Lipinski definition) is 0. The van der Waals surface area contributed by atoms with Crippen molar-refractivity contribution in [3.05, 3.63) is 307 Å². The fourth-order valence-corrected chi connectivity index (χ4v) is 18.8. The van der Waals surface area contributed by atoms with Crippen LogP contribution in [0.1, 0.15) is 31.8 Å². The van der Waals surface area contributed by atoms with Gasteiger partial charge in [0.2, 0.25) is 11.6 Å². The maximum atomic E-state index is 13.7. The van der Waals surface area contributed by atoms with Crippen LogP contribution in [0.25, 0.3) is 21.5 Å². The summed E-state index contributed by atoms with van der Waals surface area (Å²) < 4.78 is 77.5. The van der Waals surface area contributed by atoms with Gasteiger partial charge >= 0.3 is 12.4 Å². The number of Topliss-reactive ketones (excluding diaryl/α,β-unsaturated/α-hetero) is 2. The Morgan fingerprint density at radius 1 is 0.366 bits per heavy atom. The number of rotatable bonds is 14. The Balaban J connectivity index is 0.000000155. The molecule has 0 saturated heterocycles. The van der Waals surface area contributed by atoms with E-state index in [9.17, 15) is 46.0 Å². The average molecular weight is 1130 g/mol. The maximum Gasteiger partial charge on any atom is 0.416 e. The van der Waals surface area contributed by atoms with Gasteiger partial charge in [-0.1, -0.05) is 206 Å². The minimum absolute atomic E-state index is 0.141. The summed E-state index contributed by atoms with van der Waals surface area (Å²) in [5.41, 5.74) is -1.78. The first kappa shape index (κ1) is 58.2. The van der Waals surface area contributed by atoms with E-state index in [2.05, 4.69) is 187 Å². The summed E-state index contributed by atoms with van der Waals surface area (Å²) in [4.78, 5) is 27.5. The smallest absolute Gasteiger partial charge is 0.416 e. The third-order valence-electron chi connectivity index (χ3n) is 13.9. The first-order chi connectivity index (χ1) is 39.6. The molecule has 0 saturated carbocycles. The molecular weight excluding hydrogens is 1080 g/mol. The van der Waals surface area contributed by atoms with Crippen molar-refractivity contribution in [3.8, 4) is 5.75 Å². The normalized spacial score (nSPS) is 11.6. The van der Waals surface area contributed by atoms with Crippen LogP contribution in [0, 0.1) is 0 Å². The lowest BCUT2D eigenvalue weighted by Gasteiger charge is -2.28. The number of fused-ring (bicyclic) bond motifs is 2. The summed E-state index contributed by atoms with van der Waals surface area (Å²) in [5, 5.41) is 32.4. The summed E-state index contributed by atoms with van der Waals surface area (Å²) in [6.45, 7) is 0. The van der Waals surface area contributed by atoms with Gasteiger partial charge in [-0.05, 0) is 89.6 Å². The predicted octanol–water partition coefficient (Wildman–Crippen LogP) is 12.8. The highest BCUT2D eigenvalue weighted by molar-refractivity contribution is 7.97. The largest absolute Gasteiger partial charge is 0.860 e. The molecule has 0 spiro atoms. The third-order valence-corrected chi connectivity index (χ3v) is 22.6. The van der Waals surface area contributed by atoms with E-state index < -0.39 is 51.1 Å². The molecule has 0 N–H and O–H groups in total. The molecule has 82 heavy (non-hydrogen) atoms. The van der Waals surface area contributed by atoms with Crippen molar-refractivity contribution >= 4 is 86.8 Å². The van der Waals surface area contributed by atoms with E-state index in [1.165, 1.54) is 53.4 Å². The molecule has 0 unspecified atom stereocenters. The van der Waals surface area contributed by atoms with Gasteiger partial charge in [0.1, 0.15) is 66.0 Å². The highest BCUT2D eigenvalue weighted by Crippen LogP contribution is 2.58. The lowest BCUT2D eigenvalue weighted by atomic mass is 10.1. The Morgan fingerprint density at radius 2 is 0.646 bits per heavy atom. The Bertz CT molecular complexity index is 3560. The highest BCUT2D eigenvalue weighted by Gasteiger charge is 2.50. The van der Waals surface area contributed by atoms with Crippen molar-refractivity contribution in [1.29, 1.82) is 0 Å². The van der Waals surface area contributed by atoms with E-state index in [0.29, 0.717) is 12.3 Å². The Labute approximate surface area is 473 Å². The van der Waals surface area contributed by atoms with E-state index in [0.717, 1.165) is 11.1 Å². The molecule has 0 amide bonds. The Hall–Kier alpha value is -8.50. The summed E-state index contributed by atoms with van der Waals surface area (Å²) in [5.74, 6) is -0.716. The van der Waals surface area contributed by atoms with Gasteiger partial charge < -0.3 is 14.7 Å². The van der Waals surface area contributed by atoms with Crippen molar-refractivity contribution < 1.29 is 50.6 Å². The molecule has 0 aliphatic carbocycles. The zero-order valence-electron chi connectivity index (χ0n) is 43.8. The molecule has 11 rings (SSSR count). The second kappa shape index (κ2) is 26.0. The molecule has 11 aromatic carbocycles. The zero-order valence-corrected chi connectivity index (χ0v) is 45.6. The van der Waals surface area contributed by atoms with Crippen LogP contribution in [-0.2, 0) is 12.4 Å². The summed E-state index contributed by atoms with van der Waals surface area (Å²) in [7, 11) is -7.56. The number of halogens is 6. The van der Waals surface area contributed by atoms with Gasteiger partial charge in [-0.3, -0.25) is 9.59 Å². The van der Waals surface area contributed by atoms with Crippen LogP contribution >= 0.6 is 14.5 Å². The minimum atomic E-state index is -5.05. The molecule has 0 heterocycles. The lowest BCUT2D eigenvalue weighted by molar-refractivity contribution is -0.372. The Kier molecular flexibility index (Phi) is 18.4. The molecule has 11 aromatic rings. The van der Waals surface area contributed by atoms with E-state index in [4.69, 9.17) is 0 Å². The zero-order chi connectivity index (χ0) is 57.7. The molecule has 0 atom stereocenters. The third kappa shape index (κ3) is 13.3. The first-order valence-corrected chi connectivity index (χ1v) is 29.9. The number of hydrogen-bond acceptors (Lipinski definition) is 5. The van der Waals surface area contributed by atoms with Gasteiger partial charge in [-0.25, -0.2) is 0 Å². The maximum absolute atomic E-state index is 13.7. The highest BCUT2D eigenvalue weighted by atomic mass is 31.2. The molecule has 0 fully saturated rings. The van der Waals surface area contributed by atoms with E-state index in [-0.39, 0.29) is 29.8 Å². The minimum Gasteiger partial charge on any atom is -0.860 e. The van der Waals surface area contributed by atoms with Gasteiger partial charge in [0.15, 0.2) is 0 Å². The molecule has 0 aromatic heterocycles. The fraction of sp³-hybridized carbons (Fsp3) is 0.0588. The van der Waals surface area contributed by atoms with Crippen molar-refractivity contribution in [2.24, 2.45) is 0 Å². The molecule has 5 nitrogen and oxygen atoms in total. The number of carbonyl (C=O) groups is 2. The Morgan fingerprint density at radius 3 is 0.951 bits per heavy atom. The molecule has 0 aliphatic rings. The van der Waals surface area contributed by atoms with E-state index in [1.807, 2.05) is 84.9 Å². The number of carbonyl (C=O) groups excluding carboxylic acids is 2. The summed E-state index contributed by atoms with van der Waals surface area (Å²) in [6.07, 6.45) is -9.20. The van der Waals surface area contributed by atoms with E-state index in [1.54, 1.807) is 0 Å². The van der Waals surface area contributed by atoms with Crippen LogP contribution in [-0.4, -0.2) is 31.2 Å². The van der Waals surface area contributed by atoms with Gasteiger partial charge in [-0.2, -0.15) is 26.3 Å². The van der Waals surface area contributed by atoms with Crippen molar-refractivity contribution in [2.45, 2.75) is 12.4 Å². The summed E-state index contributed by atoms with van der Waals surface area (Å²) in [6, 6.07) is 92.1. The van der Waals surface area contributed by atoms with Crippen LogP contribution in [0.3, 0.4) is 0 Å². The number of ketones is 2. The van der Waals surface area contributed by atoms with Crippen LogP contribution in [0.5, 0.6) is 5.75 Å². The molecule has 0 radical (unpaired) electrons. The van der Waals surface area contributed by atoms with Crippen LogP contribution in [0.15, 0.2) is 285 Å². The molecule has 14 heteroatoms. The van der Waals surface area contributed by atoms with Gasteiger partial charge in [0.05, 0.1) is 16.9 Å². The van der Waals surface area contributed by atoms with Gasteiger partial charge in [0.25, 0.3) is 0 Å². The quantitative estimate of drug-likeness (QED) is 0.0468.